The van der Waals surface area contributed by atoms with Gasteiger partial charge in [0.05, 0.1) is 27.6 Å². The number of hydrogen-bond donors (Lipinski definition) is 0. The van der Waals surface area contributed by atoms with E-state index in [4.69, 9.17) is 0 Å². The molecule has 26 heavy (non-hydrogen) atoms. The molecule has 1 fully saturated rings. The molecule has 1 aliphatic heterocycles. The molecule has 0 spiro atoms. The summed E-state index contributed by atoms with van der Waals surface area (Å²) in [5.41, 5.74) is 1.44. The number of ketones is 1. The average Bonchev–Trinajstić information content (AvgIpc) is 2.95. The number of Topliss-reactive ketones (excluding diaryl/α,β-unsaturated/α-hetero) is 1. The molecule has 0 atom stereocenters. The van der Waals surface area contributed by atoms with Crippen LogP contribution in [0.2, 0.25) is 0 Å². The molecule has 0 bridgehead atoms. The number of nitrogens with zero attached hydrogens (tertiary/aromatic N) is 1. The third-order valence-corrected chi connectivity index (χ3v) is 6.55. The zero-order valence-electron chi connectivity index (χ0n) is 14.1. The molecule has 0 saturated carbocycles. The van der Waals surface area contributed by atoms with Crippen molar-refractivity contribution in [1.29, 1.82) is 0 Å². The lowest BCUT2D eigenvalue weighted by molar-refractivity contribution is -0.125. The summed E-state index contributed by atoms with van der Waals surface area (Å²) < 4.78 is 25.2. The van der Waals surface area contributed by atoms with Crippen molar-refractivity contribution in [2.75, 3.05) is 12.3 Å². The van der Waals surface area contributed by atoms with Crippen LogP contribution in [0, 0.1) is 6.92 Å². The number of carbonyl (C=O) groups excluding carboxylic acids is 2. The van der Waals surface area contributed by atoms with E-state index in [2.05, 4.69) is 0 Å². The highest BCUT2D eigenvalue weighted by Crippen LogP contribution is 2.31. The summed E-state index contributed by atoms with van der Waals surface area (Å²) in [6.07, 6.45) is 0. The molecule has 0 radical (unpaired) electrons. The first-order chi connectivity index (χ1) is 12.4. The molecule has 134 valence electrons. The van der Waals surface area contributed by atoms with Crippen molar-refractivity contribution in [3.63, 3.8) is 0 Å². The summed E-state index contributed by atoms with van der Waals surface area (Å²) in [5, 5.41) is 1.35. The van der Waals surface area contributed by atoms with Gasteiger partial charge in [0.2, 0.25) is 15.7 Å². The number of amides is 1. The highest BCUT2D eigenvalue weighted by molar-refractivity contribution is 8.05. The van der Waals surface area contributed by atoms with Gasteiger partial charge in [0.15, 0.2) is 5.78 Å². The van der Waals surface area contributed by atoms with Crippen LogP contribution in [0.25, 0.3) is 0 Å². The fourth-order valence-corrected chi connectivity index (χ4v) is 4.91. The van der Waals surface area contributed by atoms with Crippen LogP contribution in [0.1, 0.15) is 15.9 Å². The predicted molar refractivity (Wildman–Crippen MR) is 101 cm³/mol. The third kappa shape index (κ3) is 4.05. The molecule has 0 N–H and O–H groups in total. The Bertz CT molecular complexity index is 964. The molecule has 0 aliphatic carbocycles. The largest absolute Gasteiger partial charge is 0.298 e. The molecular formula is C19H17NO4S2. The minimum atomic E-state index is -3.71. The molecule has 1 saturated heterocycles. The van der Waals surface area contributed by atoms with Crippen LogP contribution in [-0.2, 0) is 14.6 Å². The number of sulfone groups is 1. The first kappa shape index (κ1) is 18.4. The van der Waals surface area contributed by atoms with E-state index in [1.165, 1.54) is 17.0 Å². The maximum absolute atomic E-state index is 12.6. The number of benzene rings is 2. The Morgan fingerprint density at radius 3 is 2.42 bits per heavy atom. The SMILES string of the molecule is Cc1ccc(S(=O)(=O)/C=C2\SCC(=O)N2CC(=O)c2ccccc2)cc1. The normalized spacial score (nSPS) is 16.3. The van der Waals surface area contributed by atoms with Gasteiger partial charge >= 0.3 is 0 Å². The second kappa shape index (κ2) is 7.47. The molecule has 1 amide bonds. The van der Waals surface area contributed by atoms with E-state index in [9.17, 15) is 18.0 Å². The Morgan fingerprint density at radius 2 is 1.77 bits per heavy atom. The second-order valence-electron chi connectivity index (χ2n) is 5.87. The summed E-state index contributed by atoms with van der Waals surface area (Å²) in [7, 11) is -3.71. The number of rotatable bonds is 5. The summed E-state index contributed by atoms with van der Waals surface area (Å²) in [6.45, 7) is 1.70. The van der Waals surface area contributed by atoms with E-state index in [1.807, 2.05) is 6.92 Å². The molecular weight excluding hydrogens is 370 g/mol. The minimum Gasteiger partial charge on any atom is -0.298 e. The van der Waals surface area contributed by atoms with Gasteiger partial charge in [0.25, 0.3) is 0 Å². The van der Waals surface area contributed by atoms with E-state index in [0.29, 0.717) is 5.56 Å². The van der Waals surface area contributed by atoms with Gasteiger partial charge in [-0.05, 0) is 19.1 Å². The number of hydrogen-bond acceptors (Lipinski definition) is 5. The smallest absolute Gasteiger partial charge is 0.238 e. The minimum absolute atomic E-state index is 0.122. The number of carbonyl (C=O) groups is 2. The van der Waals surface area contributed by atoms with Crippen molar-refractivity contribution < 1.29 is 18.0 Å². The zero-order valence-corrected chi connectivity index (χ0v) is 15.7. The standard InChI is InChI=1S/C19H17NO4S2/c1-14-7-9-16(10-8-14)26(23,24)13-19-20(18(22)12-25-19)11-17(21)15-5-3-2-4-6-15/h2-10,13H,11-12H2,1H3/b19-13-. The fourth-order valence-electron chi connectivity index (χ4n) is 2.47. The molecule has 7 heteroatoms. The quantitative estimate of drug-likeness (QED) is 0.738. The summed E-state index contributed by atoms with van der Waals surface area (Å²) in [4.78, 5) is 25.9. The lowest BCUT2D eigenvalue weighted by atomic mass is 10.1. The van der Waals surface area contributed by atoms with Crippen molar-refractivity contribution in [1.82, 2.24) is 4.90 Å². The average molecular weight is 387 g/mol. The van der Waals surface area contributed by atoms with E-state index in [1.54, 1.807) is 42.5 Å². The van der Waals surface area contributed by atoms with Gasteiger partial charge in [0, 0.05) is 5.56 Å². The molecule has 1 heterocycles. The molecule has 3 rings (SSSR count). The molecule has 2 aromatic carbocycles. The molecule has 5 nitrogen and oxygen atoms in total. The van der Waals surface area contributed by atoms with Crippen LogP contribution in [-0.4, -0.2) is 37.3 Å². The van der Waals surface area contributed by atoms with Gasteiger partial charge in [-0.3, -0.25) is 14.5 Å². The topological polar surface area (TPSA) is 71.5 Å². The first-order valence-corrected chi connectivity index (χ1v) is 10.4. The van der Waals surface area contributed by atoms with Gasteiger partial charge in [-0.25, -0.2) is 8.42 Å². The number of aryl methyl sites for hydroxylation is 1. The maximum Gasteiger partial charge on any atom is 0.238 e. The Hall–Kier alpha value is -2.38. The third-order valence-electron chi connectivity index (χ3n) is 3.91. The van der Waals surface area contributed by atoms with Crippen LogP contribution < -0.4 is 0 Å². The Morgan fingerprint density at radius 1 is 1.12 bits per heavy atom. The Balaban J connectivity index is 1.86. The van der Waals surface area contributed by atoms with Crippen molar-refractivity contribution in [2.24, 2.45) is 0 Å². The maximum atomic E-state index is 12.6. The molecule has 0 unspecified atom stereocenters. The first-order valence-electron chi connectivity index (χ1n) is 7.92. The molecule has 2 aromatic rings. The van der Waals surface area contributed by atoms with Crippen LogP contribution >= 0.6 is 11.8 Å². The van der Waals surface area contributed by atoms with Crippen molar-refractivity contribution in [3.05, 3.63) is 76.2 Å². The van der Waals surface area contributed by atoms with Gasteiger partial charge in [-0.1, -0.05) is 59.8 Å². The lowest BCUT2D eigenvalue weighted by Gasteiger charge is -2.16. The lowest BCUT2D eigenvalue weighted by Crippen LogP contribution is -2.30. The van der Waals surface area contributed by atoms with E-state index >= 15 is 0 Å². The van der Waals surface area contributed by atoms with Crippen molar-refractivity contribution in [2.45, 2.75) is 11.8 Å². The van der Waals surface area contributed by atoms with Gasteiger partial charge < -0.3 is 0 Å². The van der Waals surface area contributed by atoms with Gasteiger partial charge in [0.1, 0.15) is 0 Å². The number of thioether (sulfide) groups is 1. The van der Waals surface area contributed by atoms with E-state index in [-0.39, 0.29) is 33.9 Å². The van der Waals surface area contributed by atoms with E-state index < -0.39 is 9.84 Å². The fraction of sp³-hybridized carbons (Fsp3) is 0.158. The van der Waals surface area contributed by atoms with Crippen molar-refractivity contribution in [3.8, 4) is 0 Å². The van der Waals surface area contributed by atoms with Crippen LogP contribution in [0.3, 0.4) is 0 Å². The zero-order chi connectivity index (χ0) is 18.7. The van der Waals surface area contributed by atoms with Crippen molar-refractivity contribution >= 4 is 33.3 Å². The van der Waals surface area contributed by atoms with Gasteiger partial charge in [-0.2, -0.15) is 0 Å². The highest BCUT2D eigenvalue weighted by Gasteiger charge is 2.30. The van der Waals surface area contributed by atoms with E-state index in [0.717, 1.165) is 22.7 Å². The monoisotopic (exact) mass is 387 g/mol. The van der Waals surface area contributed by atoms with Crippen LogP contribution in [0.5, 0.6) is 0 Å². The highest BCUT2D eigenvalue weighted by atomic mass is 32.2. The molecule has 1 aliphatic rings. The molecule has 0 aromatic heterocycles. The summed E-state index contributed by atoms with van der Waals surface area (Å²) in [6, 6.07) is 15.1. The van der Waals surface area contributed by atoms with Crippen LogP contribution in [0.4, 0.5) is 0 Å². The summed E-state index contributed by atoms with van der Waals surface area (Å²) in [5.74, 6) is -0.387. The van der Waals surface area contributed by atoms with Crippen LogP contribution in [0.15, 0.2) is 69.9 Å². The Kier molecular flexibility index (Phi) is 5.29. The van der Waals surface area contributed by atoms with Gasteiger partial charge in [-0.15, -0.1) is 0 Å². The second-order valence-corrected chi connectivity index (χ2v) is 8.66. The Labute approximate surface area is 156 Å². The predicted octanol–water partition coefficient (Wildman–Crippen LogP) is 3.03. The summed E-state index contributed by atoms with van der Waals surface area (Å²) >= 11 is 1.13.